The van der Waals surface area contributed by atoms with Gasteiger partial charge in [0.05, 0.1) is 17.6 Å². The van der Waals surface area contributed by atoms with Gasteiger partial charge in [-0.15, -0.1) is 0 Å². The molecule has 0 unspecified atom stereocenters. The summed E-state index contributed by atoms with van der Waals surface area (Å²) in [5.41, 5.74) is 2.41. The van der Waals surface area contributed by atoms with Crippen molar-refractivity contribution in [1.29, 1.82) is 0 Å². The third-order valence-corrected chi connectivity index (χ3v) is 3.75. The number of hydrogen-bond donors (Lipinski definition) is 1. The van der Waals surface area contributed by atoms with Crippen molar-refractivity contribution in [3.8, 4) is 0 Å². The summed E-state index contributed by atoms with van der Waals surface area (Å²) in [6.07, 6.45) is 7.42. The first-order valence-electron chi connectivity index (χ1n) is 6.12. The number of carboxylic acid groups (broad SMARTS) is 1. The molecule has 0 saturated heterocycles. The van der Waals surface area contributed by atoms with E-state index in [1.54, 1.807) is 11.6 Å². The van der Waals surface area contributed by atoms with Crippen LogP contribution in [0.5, 0.6) is 0 Å². The van der Waals surface area contributed by atoms with Crippen molar-refractivity contribution in [3.63, 3.8) is 0 Å². The number of aromatic nitrogens is 1. The lowest BCUT2D eigenvalue weighted by atomic mass is 10.1. The Hall–Kier alpha value is -2.27. The van der Waals surface area contributed by atoms with Gasteiger partial charge in [0, 0.05) is 35.2 Å². The van der Waals surface area contributed by atoms with Gasteiger partial charge in [-0.3, -0.25) is 0 Å². The zero-order chi connectivity index (χ0) is 13.9. The predicted octanol–water partition coefficient (Wildman–Crippen LogP) is 3.36. The molecule has 3 rings (SSSR count). The Kier molecular flexibility index (Phi) is 3.43. The minimum atomic E-state index is -0.917. The molecular formula is C15H12N2O2S. The molecule has 0 atom stereocenters. The third-order valence-electron chi connectivity index (χ3n) is 3.11. The van der Waals surface area contributed by atoms with E-state index in [9.17, 15) is 9.90 Å². The monoisotopic (exact) mass is 284 g/mol. The molecule has 0 spiro atoms. The van der Waals surface area contributed by atoms with Gasteiger partial charge in [-0.2, -0.15) is 0 Å². The average Bonchev–Trinajstić information content (AvgIpc) is 2.82. The number of aliphatic carboxylic acids is 1. The number of rotatable bonds is 1. The summed E-state index contributed by atoms with van der Waals surface area (Å²) >= 11 is 1.13. The molecule has 20 heavy (non-hydrogen) atoms. The first-order chi connectivity index (χ1) is 9.75. The minimum absolute atomic E-state index is 0.321. The fraction of sp³-hybridized carbons (Fsp3) is 0.0667. The van der Waals surface area contributed by atoms with Gasteiger partial charge >= 0.3 is 5.97 Å². The highest BCUT2D eigenvalue weighted by Gasteiger charge is 2.11. The van der Waals surface area contributed by atoms with Crippen LogP contribution in [0.15, 0.2) is 51.9 Å². The SMILES string of the molecule is O=C(O)C1=CSN=CC=Cc2cccc3ccn(c23)C1. The molecule has 5 heteroatoms. The molecule has 100 valence electrons. The summed E-state index contributed by atoms with van der Waals surface area (Å²) in [7, 11) is 0. The van der Waals surface area contributed by atoms with Crippen molar-refractivity contribution in [2.75, 3.05) is 0 Å². The molecule has 1 aromatic heterocycles. The molecule has 0 fully saturated rings. The van der Waals surface area contributed by atoms with Gasteiger partial charge in [-0.05, 0) is 17.7 Å². The van der Waals surface area contributed by atoms with E-state index in [1.807, 2.05) is 47.2 Å². The van der Waals surface area contributed by atoms with Gasteiger partial charge in [-0.25, -0.2) is 9.19 Å². The van der Waals surface area contributed by atoms with Crippen LogP contribution in [0.3, 0.4) is 0 Å². The lowest BCUT2D eigenvalue weighted by Crippen LogP contribution is -2.08. The Balaban J connectivity index is 2.20. The number of nitrogens with zero attached hydrogens (tertiary/aromatic N) is 2. The summed E-state index contributed by atoms with van der Waals surface area (Å²) in [6, 6.07) is 8.03. The van der Waals surface area contributed by atoms with Crippen molar-refractivity contribution >= 4 is 41.1 Å². The molecule has 1 N–H and O–H groups in total. The standard InChI is InChI=1S/C15H12N2O2S/c18-15(19)13-9-17-8-6-12-4-1-3-11(14(12)17)5-2-7-16-20-10-13/h1-8,10H,9H2,(H,18,19). The van der Waals surface area contributed by atoms with E-state index in [1.165, 1.54) is 0 Å². The maximum atomic E-state index is 11.3. The van der Waals surface area contributed by atoms with Crippen LogP contribution in [0.2, 0.25) is 0 Å². The fourth-order valence-electron chi connectivity index (χ4n) is 2.21. The molecule has 0 aliphatic carbocycles. The lowest BCUT2D eigenvalue weighted by Gasteiger charge is -2.08. The molecule has 1 aliphatic heterocycles. The molecule has 1 aromatic carbocycles. The average molecular weight is 284 g/mol. The Bertz CT molecular complexity index is 756. The molecule has 0 amide bonds. The van der Waals surface area contributed by atoms with Gasteiger partial charge in [-0.1, -0.05) is 24.3 Å². The molecule has 0 saturated carbocycles. The zero-order valence-electron chi connectivity index (χ0n) is 10.6. The number of benzene rings is 1. The number of para-hydroxylation sites is 1. The first kappa shape index (κ1) is 12.7. The molecular weight excluding hydrogens is 272 g/mol. The van der Waals surface area contributed by atoms with E-state index in [0.717, 1.165) is 28.4 Å². The minimum Gasteiger partial charge on any atom is -0.478 e. The Labute approximate surface area is 120 Å². The van der Waals surface area contributed by atoms with Crippen molar-refractivity contribution in [2.45, 2.75) is 6.54 Å². The van der Waals surface area contributed by atoms with E-state index in [-0.39, 0.29) is 0 Å². The number of carboxylic acids is 1. The summed E-state index contributed by atoms with van der Waals surface area (Å²) in [6.45, 7) is 0.326. The molecule has 4 nitrogen and oxygen atoms in total. The molecule has 0 radical (unpaired) electrons. The largest absolute Gasteiger partial charge is 0.478 e. The summed E-state index contributed by atoms with van der Waals surface area (Å²) in [5.74, 6) is -0.917. The van der Waals surface area contributed by atoms with Gasteiger partial charge in [0.1, 0.15) is 0 Å². The van der Waals surface area contributed by atoms with E-state index >= 15 is 0 Å². The third kappa shape index (κ3) is 2.40. The van der Waals surface area contributed by atoms with E-state index in [2.05, 4.69) is 4.40 Å². The Morgan fingerprint density at radius 1 is 1.35 bits per heavy atom. The van der Waals surface area contributed by atoms with Crippen LogP contribution in [0, 0.1) is 0 Å². The van der Waals surface area contributed by atoms with Crippen molar-refractivity contribution < 1.29 is 9.90 Å². The van der Waals surface area contributed by atoms with Crippen molar-refractivity contribution in [2.24, 2.45) is 4.40 Å². The smallest absolute Gasteiger partial charge is 0.333 e. The number of hydrogen-bond acceptors (Lipinski definition) is 3. The topological polar surface area (TPSA) is 54.6 Å². The van der Waals surface area contributed by atoms with Crippen molar-refractivity contribution in [3.05, 3.63) is 53.1 Å². The van der Waals surface area contributed by atoms with E-state index in [4.69, 9.17) is 0 Å². The fourth-order valence-corrected chi connectivity index (χ4v) is 2.71. The Morgan fingerprint density at radius 2 is 2.25 bits per heavy atom. The van der Waals surface area contributed by atoms with Gasteiger partial charge in [0.25, 0.3) is 0 Å². The van der Waals surface area contributed by atoms with E-state index in [0.29, 0.717) is 12.1 Å². The first-order valence-corrected chi connectivity index (χ1v) is 6.95. The summed E-state index contributed by atoms with van der Waals surface area (Å²) in [5, 5.41) is 11.9. The summed E-state index contributed by atoms with van der Waals surface area (Å²) in [4.78, 5) is 11.3. The molecule has 2 aromatic rings. The second-order valence-corrected chi connectivity index (χ2v) is 5.05. The molecule has 2 heterocycles. The van der Waals surface area contributed by atoms with Crippen LogP contribution in [-0.2, 0) is 11.3 Å². The highest BCUT2D eigenvalue weighted by molar-refractivity contribution is 8.01. The van der Waals surface area contributed by atoms with Gasteiger partial charge in [0.15, 0.2) is 0 Å². The van der Waals surface area contributed by atoms with Crippen LogP contribution >= 0.6 is 11.9 Å². The maximum Gasteiger partial charge on any atom is 0.333 e. The quantitative estimate of drug-likeness (QED) is 0.817. The maximum absolute atomic E-state index is 11.3. The normalized spacial score (nSPS) is 14.9. The number of allylic oxidation sites excluding steroid dienone is 1. The zero-order valence-corrected chi connectivity index (χ0v) is 11.4. The Morgan fingerprint density at radius 3 is 3.10 bits per heavy atom. The summed E-state index contributed by atoms with van der Waals surface area (Å²) < 4.78 is 6.03. The van der Waals surface area contributed by atoms with Crippen LogP contribution in [0.4, 0.5) is 0 Å². The van der Waals surface area contributed by atoms with Crippen LogP contribution in [-0.4, -0.2) is 21.9 Å². The molecule has 0 bridgehead atoms. The van der Waals surface area contributed by atoms with Gasteiger partial charge < -0.3 is 9.67 Å². The lowest BCUT2D eigenvalue weighted by molar-refractivity contribution is -0.132. The van der Waals surface area contributed by atoms with E-state index < -0.39 is 5.97 Å². The highest BCUT2D eigenvalue weighted by atomic mass is 32.2. The predicted molar refractivity (Wildman–Crippen MR) is 82.8 cm³/mol. The molecule has 1 aliphatic rings. The van der Waals surface area contributed by atoms with Crippen LogP contribution in [0.1, 0.15) is 5.56 Å². The highest BCUT2D eigenvalue weighted by Crippen LogP contribution is 2.23. The van der Waals surface area contributed by atoms with Crippen LogP contribution in [0.25, 0.3) is 17.0 Å². The van der Waals surface area contributed by atoms with Gasteiger partial charge in [0.2, 0.25) is 0 Å². The number of carbonyl (C=O) groups is 1. The van der Waals surface area contributed by atoms with Crippen molar-refractivity contribution in [1.82, 2.24) is 4.57 Å². The van der Waals surface area contributed by atoms with Crippen LogP contribution < -0.4 is 0 Å². The second-order valence-electron chi connectivity index (χ2n) is 4.40. The second kappa shape index (κ2) is 5.38.